The Bertz CT molecular complexity index is 1170. The predicted octanol–water partition coefficient (Wildman–Crippen LogP) is 4.25. The predicted molar refractivity (Wildman–Crippen MR) is 109 cm³/mol. The van der Waals surface area contributed by atoms with Crippen LogP contribution in [-0.4, -0.2) is 28.7 Å². The van der Waals surface area contributed by atoms with E-state index in [2.05, 4.69) is 10.3 Å². The number of amides is 1. The average molecular weight is 433 g/mol. The lowest BCUT2D eigenvalue weighted by Crippen LogP contribution is -2.32. The highest BCUT2D eigenvalue weighted by Crippen LogP contribution is 2.28. The molecule has 3 heterocycles. The number of nitrogens with zero attached hydrogens (tertiary/aromatic N) is 1. The van der Waals surface area contributed by atoms with E-state index in [-0.39, 0.29) is 22.7 Å². The molecule has 1 aliphatic rings. The second-order valence-electron chi connectivity index (χ2n) is 7.61. The van der Waals surface area contributed by atoms with Crippen LogP contribution in [0.5, 0.6) is 0 Å². The topological polar surface area (TPSA) is 76.1 Å². The third-order valence-corrected chi connectivity index (χ3v) is 5.69. The number of ether oxygens (including phenoxy) is 1. The van der Waals surface area contributed by atoms with Gasteiger partial charge in [-0.1, -0.05) is 18.2 Å². The number of rotatable bonds is 5. The summed E-state index contributed by atoms with van der Waals surface area (Å²) in [5.74, 6) is -1.58. The van der Waals surface area contributed by atoms with Gasteiger partial charge in [0.1, 0.15) is 5.82 Å². The van der Waals surface area contributed by atoms with Crippen molar-refractivity contribution in [3.63, 3.8) is 0 Å². The zero-order valence-electron chi connectivity index (χ0n) is 16.8. The van der Waals surface area contributed by atoms with Crippen LogP contribution in [0.3, 0.4) is 0 Å². The second kappa shape index (κ2) is 8.58. The molecule has 2 N–H and O–H groups in total. The average Bonchev–Trinajstić information content (AvgIpc) is 3.25. The standard InChI is InChI=1S/C22H22F3N3O3/c1-12(14-3-2-4-15(18(14)23)20(24)25)27-21(29)17-11-28(13-6-9-31-10-7-13)22(30)16-5-8-26-19(16)17/h2-5,8,11-13,20,26H,6-7,9-10H2,1H3,(H,27,29)/t12-/m1/s1. The number of hydrogen-bond donors (Lipinski definition) is 2. The molecule has 0 unspecified atom stereocenters. The maximum atomic E-state index is 14.5. The molecule has 164 valence electrons. The first-order valence-corrected chi connectivity index (χ1v) is 10.1. The van der Waals surface area contributed by atoms with Crippen molar-refractivity contribution < 1.29 is 22.7 Å². The number of hydrogen-bond acceptors (Lipinski definition) is 3. The van der Waals surface area contributed by atoms with Crippen LogP contribution in [0.4, 0.5) is 13.2 Å². The van der Waals surface area contributed by atoms with E-state index in [0.717, 1.165) is 6.07 Å². The van der Waals surface area contributed by atoms with Crippen LogP contribution in [0, 0.1) is 5.82 Å². The number of aromatic amines is 1. The molecule has 2 aromatic heterocycles. The molecule has 31 heavy (non-hydrogen) atoms. The number of benzene rings is 1. The van der Waals surface area contributed by atoms with Gasteiger partial charge in [-0.2, -0.15) is 0 Å². The molecule has 1 fully saturated rings. The van der Waals surface area contributed by atoms with Crippen molar-refractivity contribution in [1.82, 2.24) is 14.9 Å². The molecule has 0 saturated carbocycles. The molecular weight excluding hydrogens is 411 g/mol. The van der Waals surface area contributed by atoms with E-state index in [1.165, 1.54) is 25.3 Å². The summed E-state index contributed by atoms with van der Waals surface area (Å²) < 4.78 is 47.5. The van der Waals surface area contributed by atoms with E-state index in [9.17, 15) is 22.8 Å². The van der Waals surface area contributed by atoms with Crippen molar-refractivity contribution in [2.75, 3.05) is 13.2 Å². The summed E-state index contributed by atoms with van der Waals surface area (Å²) in [6.45, 7) is 2.58. The number of H-pyrrole nitrogens is 1. The molecule has 1 aliphatic heterocycles. The van der Waals surface area contributed by atoms with E-state index in [1.54, 1.807) is 16.8 Å². The van der Waals surface area contributed by atoms with Gasteiger partial charge in [-0.3, -0.25) is 9.59 Å². The van der Waals surface area contributed by atoms with Gasteiger partial charge in [0, 0.05) is 37.2 Å². The molecule has 4 rings (SSSR count). The van der Waals surface area contributed by atoms with Gasteiger partial charge < -0.3 is 19.6 Å². The lowest BCUT2D eigenvalue weighted by atomic mass is 10.0. The number of fused-ring (bicyclic) bond motifs is 1. The summed E-state index contributed by atoms with van der Waals surface area (Å²) in [6, 6.07) is 4.37. The SMILES string of the molecule is C[C@@H](NC(=O)c1cn(C2CCOCC2)c(=O)c2cc[nH]c12)c1cccc(C(F)F)c1F. The smallest absolute Gasteiger partial charge is 0.266 e. The van der Waals surface area contributed by atoms with Crippen LogP contribution >= 0.6 is 0 Å². The Balaban J connectivity index is 1.68. The van der Waals surface area contributed by atoms with Crippen molar-refractivity contribution in [2.45, 2.75) is 38.3 Å². The number of aromatic nitrogens is 2. The van der Waals surface area contributed by atoms with Gasteiger partial charge in [-0.15, -0.1) is 0 Å². The van der Waals surface area contributed by atoms with Gasteiger partial charge in [0.05, 0.1) is 28.1 Å². The van der Waals surface area contributed by atoms with Gasteiger partial charge in [0.15, 0.2) is 0 Å². The number of halogens is 3. The first-order chi connectivity index (χ1) is 14.9. The van der Waals surface area contributed by atoms with Gasteiger partial charge >= 0.3 is 0 Å². The molecule has 1 atom stereocenters. The van der Waals surface area contributed by atoms with Gasteiger partial charge in [-0.25, -0.2) is 13.2 Å². The maximum Gasteiger partial charge on any atom is 0.266 e. The van der Waals surface area contributed by atoms with E-state index < -0.39 is 29.8 Å². The minimum absolute atomic E-state index is 0.0355. The van der Waals surface area contributed by atoms with Crippen LogP contribution in [0.25, 0.3) is 10.9 Å². The number of pyridine rings is 1. The van der Waals surface area contributed by atoms with Crippen molar-refractivity contribution in [2.24, 2.45) is 0 Å². The van der Waals surface area contributed by atoms with Crippen molar-refractivity contribution in [3.05, 3.63) is 69.5 Å². The Morgan fingerprint density at radius 2 is 1.94 bits per heavy atom. The minimum Gasteiger partial charge on any atom is -0.381 e. The molecule has 0 spiro atoms. The number of alkyl halides is 2. The van der Waals surface area contributed by atoms with Crippen molar-refractivity contribution in [3.8, 4) is 0 Å². The lowest BCUT2D eigenvalue weighted by Gasteiger charge is -2.25. The summed E-state index contributed by atoms with van der Waals surface area (Å²) in [7, 11) is 0. The largest absolute Gasteiger partial charge is 0.381 e. The molecule has 3 aromatic rings. The Morgan fingerprint density at radius 3 is 2.65 bits per heavy atom. The monoisotopic (exact) mass is 433 g/mol. The molecule has 6 nitrogen and oxygen atoms in total. The van der Waals surface area contributed by atoms with Gasteiger partial charge in [0.25, 0.3) is 17.9 Å². The summed E-state index contributed by atoms with van der Waals surface area (Å²) in [6.07, 6.45) is 1.43. The highest BCUT2D eigenvalue weighted by Gasteiger charge is 2.24. The normalized spacial score (nSPS) is 16.0. The van der Waals surface area contributed by atoms with Crippen molar-refractivity contribution in [1.29, 1.82) is 0 Å². The first-order valence-electron chi connectivity index (χ1n) is 10.1. The van der Waals surface area contributed by atoms with Crippen LogP contribution in [0.15, 0.2) is 41.5 Å². The third kappa shape index (κ3) is 3.97. The Kier molecular flexibility index (Phi) is 5.86. The molecule has 9 heteroatoms. The van der Waals surface area contributed by atoms with E-state index in [4.69, 9.17) is 4.74 Å². The van der Waals surface area contributed by atoms with Gasteiger partial charge in [-0.05, 0) is 25.8 Å². The number of carbonyl (C=O) groups is 1. The third-order valence-electron chi connectivity index (χ3n) is 5.69. The number of carbonyl (C=O) groups excluding carboxylic acids is 1. The zero-order valence-corrected chi connectivity index (χ0v) is 16.8. The van der Waals surface area contributed by atoms with Crippen LogP contribution < -0.4 is 10.9 Å². The summed E-state index contributed by atoms with van der Waals surface area (Å²) in [5.41, 5.74) is -0.350. The zero-order chi connectivity index (χ0) is 22.1. The van der Waals surface area contributed by atoms with E-state index in [0.29, 0.717) is 37.0 Å². The van der Waals surface area contributed by atoms with Crippen LogP contribution in [0.1, 0.15) is 59.8 Å². The minimum atomic E-state index is -2.95. The summed E-state index contributed by atoms with van der Waals surface area (Å²) in [5, 5.41) is 3.04. The fourth-order valence-corrected chi connectivity index (χ4v) is 4.00. The number of nitrogens with one attached hydrogen (secondary N) is 2. The molecule has 0 aliphatic carbocycles. The molecule has 0 bridgehead atoms. The van der Waals surface area contributed by atoms with E-state index in [1.807, 2.05) is 0 Å². The molecule has 1 amide bonds. The second-order valence-corrected chi connectivity index (χ2v) is 7.61. The Labute approximate surface area is 176 Å². The molecule has 1 saturated heterocycles. The van der Waals surface area contributed by atoms with E-state index >= 15 is 0 Å². The van der Waals surface area contributed by atoms with Crippen molar-refractivity contribution >= 4 is 16.8 Å². The highest BCUT2D eigenvalue weighted by atomic mass is 19.3. The van der Waals surface area contributed by atoms with Gasteiger partial charge in [0.2, 0.25) is 0 Å². The Hall–Kier alpha value is -3.07. The van der Waals surface area contributed by atoms with Crippen LogP contribution in [-0.2, 0) is 4.74 Å². The maximum absolute atomic E-state index is 14.5. The lowest BCUT2D eigenvalue weighted by molar-refractivity contribution is 0.0687. The quantitative estimate of drug-likeness (QED) is 0.632. The van der Waals surface area contributed by atoms with Crippen LogP contribution in [0.2, 0.25) is 0 Å². The fourth-order valence-electron chi connectivity index (χ4n) is 4.00. The molecular formula is C22H22F3N3O3. The molecule has 1 aromatic carbocycles. The Morgan fingerprint density at radius 1 is 1.23 bits per heavy atom. The summed E-state index contributed by atoms with van der Waals surface area (Å²) in [4.78, 5) is 28.9. The first kappa shape index (κ1) is 21.2. The molecule has 0 radical (unpaired) electrons. The fraction of sp³-hybridized carbons (Fsp3) is 0.364. The highest BCUT2D eigenvalue weighted by molar-refractivity contribution is 6.05. The summed E-state index contributed by atoms with van der Waals surface area (Å²) >= 11 is 0.